The molecule has 0 aliphatic rings. The summed E-state index contributed by atoms with van der Waals surface area (Å²) in [6.45, 7) is 6.62. The first-order valence-corrected chi connectivity index (χ1v) is 16.9. The number of carboxylic acids is 2. The predicted molar refractivity (Wildman–Crippen MR) is 163 cm³/mol. The van der Waals surface area contributed by atoms with Gasteiger partial charge in [-0.2, -0.15) is 0 Å². The molecular formula is C34H66O4. The van der Waals surface area contributed by atoms with Crippen LogP contribution < -0.4 is 0 Å². The molecule has 4 nitrogen and oxygen atoms in total. The summed E-state index contributed by atoms with van der Waals surface area (Å²) in [6.07, 6.45) is 30.7. The van der Waals surface area contributed by atoms with Crippen LogP contribution in [0.2, 0.25) is 0 Å². The summed E-state index contributed by atoms with van der Waals surface area (Å²) < 4.78 is 0. The van der Waals surface area contributed by atoms with Gasteiger partial charge in [-0.05, 0) is 38.0 Å². The monoisotopic (exact) mass is 538 g/mol. The van der Waals surface area contributed by atoms with Crippen LogP contribution in [0, 0.1) is 11.3 Å². The zero-order valence-electron chi connectivity index (χ0n) is 25.9. The van der Waals surface area contributed by atoms with Gasteiger partial charge in [-0.25, -0.2) is 0 Å². The average molecular weight is 539 g/mol. The Balaban J connectivity index is 4.59. The number of aliphatic carboxylic acids is 2. The van der Waals surface area contributed by atoms with Gasteiger partial charge in [-0.1, -0.05) is 156 Å². The molecule has 0 amide bonds. The highest BCUT2D eigenvalue weighted by Crippen LogP contribution is 2.43. The molecule has 0 radical (unpaired) electrons. The molecule has 0 bridgehead atoms. The summed E-state index contributed by atoms with van der Waals surface area (Å²) >= 11 is 0. The smallest absolute Gasteiger partial charge is 0.309 e. The lowest BCUT2D eigenvalue weighted by molar-refractivity contribution is -0.154. The van der Waals surface area contributed by atoms with Gasteiger partial charge in [0.25, 0.3) is 0 Å². The van der Waals surface area contributed by atoms with Gasteiger partial charge in [-0.3, -0.25) is 9.59 Å². The quantitative estimate of drug-likeness (QED) is 0.0892. The molecule has 0 heterocycles. The molecule has 0 saturated heterocycles. The highest BCUT2D eigenvalue weighted by molar-refractivity contribution is 5.75. The molecule has 0 aliphatic heterocycles. The van der Waals surface area contributed by atoms with Gasteiger partial charge in [0.15, 0.2) is 0 Å². The molecule has 4 heteroatoms. The highest BCUT2D eigenvalue weighted by Gasteiger charge is 2.42. The van der Waals surface area contributed by atoms with Crippen molar-refractivity contribution in [1.82, 2.24) is 0 Å². The molecule has 2 atom stereocenters. The van der Waals surface area contributed by atoms with Crippen molar-refractivity contribution in [3.63, 3.8) is 0 Å². The fourth-order valence-corrected chi connectivity index (χ4v) is 6.27. The van der Waals surface area contributed by atoms with E-state index in [1.54, 1.807) is 0 Å². The van der Waals surface area contributed by atoms with Gasteiger partial charge in [0.05, 0.1) is 5.41 Å². The Bertz CT molecular complexity index is 547. The van der Waals surface area contributed by atoms with E-state index in [4.69, 9.17) is 5.11 Å². The van der Waals surface area contributed by atoms with Crippen LogP contribution in [0.25, 0.3) is 0 Å². The van der Waals surface area contributed by atoms with Gasteiger partial charge in [-0.15, -0.1) is 0 Å². The molecule has 2 unspecified atom stereocenters. The van der Waals surface area contributed by atoms with Crippen LogP contribution in [-0.2, 0) is 9.59 Å². The van der Waals surface area contributed by atoms with Crippen LogP contribution in [0.5, 0.6) is 0 Å². The molecule has 0 saturated carbocycles. The Kier molecular flexibility index (Phi) is 25.4. The molecule has 226 valence electrons. The van der Waals surface area contributed by atoms with E-state index in [1.165, 1.54) is 116 Å². The molecule has 0 fully saturated rings. The number of carbonyl (C=O) groups is 2. The van der Waals surface area contributed by atoms with Crippen LogP contribution in [-0.4, -0.2) is 22.2 Å². The van der Waals surface area contributed by atoms with E-state index in [-0.39, 0.29) is 0 Å². The third-order valence-electron chi connectivity index (χ3n) is 8.91. The molecule has 0 aromatic rings. The fourth-order valence-electron chi connectivity index (χ4n) is 6.27. The average Bonchev–Trinajstić information content (AvgIpc) is 2.89. The number of rotatable bonds is 30. The first-order chi connectivity index (χ1) is 18.4. The third-order valence-corrected chi connectivity index (χ3v) is 8.91. The van der Waals surface area contributed by atoms with Crippen LogP contribution in [0.1, 0.15) is 194 Å². The Morgan fingerprint density at radius 2 is 0.895 bits per heavy atom. The second-order valence-corrected chi connectivity index (χ2v) is 12.1. The third kappa shape index (κ3) is 19.1. The summed E-state index contributed by atoms with van der Waals surface area (Å²) in [6, 6.07) is 0. The Morgan fingerprint density at radius 1 is 0.526 bits per heavy atom. The van der Waals surface area contributed by atoms with Gasteiger partial charge >= 0.3 is 11.9 Å². The van der Waals surface area contributed by atoms with Crippen molar-refractivity contribution >= 4 is 11.9 Å². The van der Waals surface area contributed by atoms with E-state index in [1.807, 2.05) is 0 Å². The summed E-state index contributed by atoms with van der Waals surface area (Å²) in [4.78, 5) is 23.3. The minimum absolute atomic E-state index is 0.306. The van der Waals surface area contributed by atoms with Crippen molar-refractivity contribution in [2.24, 2.45) is 11.3 Å². The Hall–Kier alpha value is -1.06. The summed E-state index contributed by atoms with van der Waals surface area (Å²) in [5.74, 6) is -0.897. The van der Waals surface area contributed by atoms with E-state index < -0.39 is 17.4 Å². The van der Waals surface area contributed by atoms with Crippen molar-refractivity contribution in [2.45, 2.75) is 194 Å². The standard InChI is InChI=1S/C34H66O4/c1-4-7-9-11-19-23-27-31(34(6-3,33(37)38)30-26-22-12-10-8-5-2)28-24-20-17-15-13-14-16-18-21-25-29-32(35)36/h31H,4-30H2,1-3H3,(H,35,36)(H,37,38). The Morgan fingerprint density at radius 3 is 1.26 bits per heavy atom. The van der Waals surface area contributed by atoms with Crippen molar-refractivity contribution in [1.29, 1.82) is 0 Å². The number of hydrogen-bond donors (Lipinski definition) is 2. The van der Waals surface area contributed by atoms with Gasteiger partial charge < -0.3 is 10.2 Å². The van der Waals surface area contributed by atoms with Crippen molar-refractivity contribution in [3.05, 3.63) is 0 Å². The number of unbranched alkanes of at least 4 members (excludes halogenated alkanes) is 19. The molecule has 0 aliphatic carbocycles. The van der Waals surface area contributed by atoms with E-state index in [2.05, 4.69) is 20.8 Å². The highest BCUT2D eigenvalue weighted by atomic mass is 16.4. The first kappa shape index (κ1) is 36.9. The van der Waals surface area contributed by atoms with Gasteiger partial charge in [0.2, 0.25) is 0 Å². The van der Waals surface area contributed by atoms with Gasteiger partial charge in [0, 0.05) is 6.42 Å². The fraction of sp³-hybridized carbons (Fsp3) is 0.941. The lowest BCUT2D eigenvalue weighted by atomic mass is 9.66. The summed E-state index contributed by atoms with van der Waals surface area (Å²) in [5.41, 5.74) is -0.533. The first-order valence-electron chi connectivity index (χ1n) is 16.9. The number of carboxylic acid groups (broad SMARTS) is 2. The molecular weight excluding hydrogens is 472 g/mol. The van der Waals surface area contributed by atoms with Crippen LogP contribution in [0.4, 0.5) is 0 Å². The van der Waals surface area contributed by atoms with E-state index in [9.17, 15) is 14.7 Å². The normalized spacial score (nSPS) is 13.9. The van der Waals surface area contributed by atoms with Crippen LogP contribution >= 0.6 is 0 Å². The van der Waals surface area contributed by atoms with Crippen LogP contribution in [0.15, 0.2) is 0 Å². The Labute approximate surface area is 237 Å². The van der Waals surface area contributed by atoms with Crippen molar-refractivity contribution in [2.75, 3.05) is 0 Å². The minimum Gasteiger partial charge on any atom is -0.481 e. The van der Waals surface area contributed by atoms with E-state index in [0.717, 1.165) is 51.4 Å². The largest absolute Gasteiger partial charge is 0.481 e. The lowest BCUT2D eigenvalue weighted by Crippen LogP contribution is -2.38. The second-order valence-electron chi connectivity index (χ2n) is 12.1. The molecule has 0 aromatic heterocycles. The topological polar surface area (TPSA) is 74.6 Å². The summed E-state index contributed by atoms with van der Waals surface area (Å²) in [5, 5.41) is 19.2. The van der Waals surface area contributed by atoms with Crippen molar-refractivity contribution in [3.8, 4) is 0 Å². The summed E-state index contributed by atoms with van der Waals surface area (Å²) in [7, 11) is 0. The molecule has 0 rings (SSSR count). The van der Waals surface area contributed by atoms with Gasteiger partial charge in [0.1, 0.15) is 0 Å². The molecule has 2 N–H and O–H groups in total. The minimum atomic E-state index is -0.679. The molecule has 0 aromatic carbocycles. The zero-order valence-corrected chi connectivity index (χ0v) is 25.9. The predicted octanol–water partition coefficient (Wildman–Crippen LogP) is 11.4. The lowest BCUT2D eigenvalue weighted by Gasteiger charge is -2.37. The molecule has 38 heavy (non-hydrogen) atoms. The SMILES string of the molecule is CCCCCCCCC(CCCCCCCCCCCCC(=O)O)C(CC)(CCCCCCCC)C(=O)O. The molecule has 0 spiro atoms. The second kappa shape index (κ2) is 26.2. The van der Waals surface area contributed by atoms with E-state index >= 15 is 0 Å². The number of hydrogen-bond acceptors (Lipinski definition) is 2. The maximum Gasteiger partial charge on any atom is 0.309 e. The zero-order chi connectivity index (χ0) is 28.3. The maximum absolute atomic E-state index is 12.7. The van der Waals surface area contributed by atoms with Crippen molar-refractivity contribution < 1.29 is 19.8 Å². The van der Waals surface area contributed by atoms with Crippen LogP contribution in [0.3, 0.4) is 0 Å². The van der Waals surface area contributed by atoms with E-state index in [0.29, 0.717) is 12.3 Å². The maximum atomic E-state index is 12.7.